The van der Waals surface area contributed by atoms with Crippen LogP contribution in [0.3, 0.4) is 0 Å². The molecule has 0 spiro atoms. The van der Waals surface area contributed by atoms with Crippen LogP contribution in [0, 0.1) is 6.92 Å². The Bertz CT molecular complexity index is 497. The molecule has 0 aliphatic heterocycles. The van der Waals surface area contributed by atoms with Gasteiger partial charge in [0, 0.05) is 12.6 Å². The third kappa shape index (κ3) is 5.11. The molecule has 2 atom stereocenters. The third-order valence-electron chi connectivity index (χ3n) is 4.84. The van der Waals surface area contributed by atoms with Crippen LogP contribution in [0.2, 0.25) is 0 Å². The van der Waals surface area contributed by atoms with Gasteiger partial charge in [0.25, 0.3) is 0 Å². The van der Waals surface area contributed by atoms with Crippen LogP contribution >= 0.6 is 0 Å². The van der Waals surface area contributed by atoms with E-state index in [0.29, 0.717) is 12.2 Å². The van der Waals surface area contributed by atoms with Crippen LogP contribution in [-0.4, -0.2) is 33.7 Å². The van der Waals surface area contributed by atoms with Gasteiger partial charge in [0.05, 0.1) is 5.75 Å². The average molecular weight is 340 g/mol. The van der Waals surface area contributed by atoms with E-state index < -0.39 is 11.1 Å². The van der Waals surface area contributed by atoms with E-state index >= 15 is 0 Å². The van der Waals surface area contributed by atoms with Crippen LogP contribution in [0.25, 0.3) is 0 Å². The highest BCUT2D eigenvalue weighted by Crippen LogP contribution is 2.40. The topological polar surface area (TPSA) is 58.6 Å². The normalized spacial score (nSPS) is 20.1. The van der Waals surface area contributed by atoms with E-state index in [1.807, 2.05) is 0 Å². The Morgan fingerprint density at radius 1 is 1.26 bits per heavy atom. The average Bonchev–Trinajstić information content (AvgIpc) is 2.55. The molecule has 4 nitrogen and oxygen atoms in total. The summed E-state index contributed by atoms with van der Waals surface area (Å²) in [5, 5.41) is 3.68. The van der Waals surface area contributed by atoms with Crippen LogP contribution in [0.5, 0.6) is 0 Å². The van der Waals surface area contributed by atoms with Gasteiger partial charge < -0.3 is 14.6 Å². The van der Waals surface area contributed by atoms with E-state index in [1.54, 1.807) is 7.11 Å². The molecule has 0 amide bonds. The van der Waals surface area contributed by atoms with Crippen molar-refractivity contribution in [3.63, 3.8) is 0 Å². The smallest absolute Gasteiger partial charge is 0.152 e. The summed E-state index contributed by atoms with van der Waals surface area (Å²) in [6.07, 6.45) is 6.56. The molecule has 1 aliphatic rings. The fourth-order valence-electron chi connectivity index (χ4n) is 3.67. The van der Waals surface area contributed by atoms with Crippen LogP contribution in [0.4, 0.5) is 0 Å². The number of aryl methyl sites for hydroxylation is 1. The second-order valence-corrected chi connectivity index (χ2v) is 7.60. The molecular weight excluding hydrogens is 310 g/mol. The maximum atomic E-state index is 10.8. The molecule has 2 unspecified atom stereocenters. The maximum Gasteiger partial charge on any atom is 0.152 e. The van der Waals surface area contributed by atoms with Crippen molar-refractivity contribution >= 4 is 11.1 Å². The van der Waals surface area contributed by atoms with E-state index in [0.717, 1.165) is 19.4 Å². The maximum absolute atomic E-state index is 10.8. The molecule has 23 heavy (non-hydrogen) atoms. The molecule has 0 heterocycles. The molecule has 0 aromatic heterocycles. The molecule has 0 saturated heterocycles. The first kappa shape index (κ1) is 18.6. The van der Waals surface area contributed by atoms with E-state index in [9.17, 15) is 4.21 Å². The SMILES string of the molecule is COC(c1ccc(C)cc1)C1(NCCCS(=O)O)CCCCC1. The van der Waals surface area contributed by atoms with Gasteiger partial charge in [0.15, 0.2) is 11.1 Å². The number of rotatable bonds is 8. The Morgan fingerprint density at radius 3 is 2.48 bits per heavy atom. The first-order valence-electron chi connectivity index (χ1n) is 8.49. The standard InChI is InChI=1S/C18H29NO3S/c1-15-7-9-16(10-8-15)17(22-2)18(11-4-3-5-12-18)19-13-6-14-23(20)21/h7-10,17,19H,3-6,11-14H2,1-2H3,(H,20,21). The van der Waals surface area contributed by atoms with Crippen molar-refractivity contribution in [3.8, 4) is 0 Å². The van der Waals surface area contributed by atoms with E-state index in [4.69, 9.17) is 9.29 Å². The van der Waals surface area contributed by atoms with Gasteiger partial charge >= 0.3 is 0 Å². The summed E-state index contributed by atoms with van der Waals surface area (Å²) in [7, 11) is 1.78. The Labute approximate surface area is 142 Å². The van der Waals surface area contributed by atoms with E-state index in [-0.39, 0.29) is 11.6 Å². The Kier molecular flexibility index (Phi) is 7.21. The van der Waals surface area contributed by atoms with Gasteiger partial charge in [0.2, 0.25) is 0 Å². The molecule has 1 fully saturated rings. The Hall–Kier alpha value is -0.750. The minimum absolute atomic E-state index is 0.0167. The van der Waals surface area contributed by atoms with Crippen LogP contribution < -0.4 is 5.32 Å². The first-order valence-corrected chi connectivity index (χ1v) is 9.77. The predicted molar refractivity (Wildman–Crippen MR) is 95.0 cm³/mol. The number of methoxy groups -OCH3 is 1. The predicted octanol–water partition coefficient (Wildman–Crippen LogP) is 3.59. The van der Waals surface area contributed by atoms with Crippen molar-refractivity contribution in [2.45, 2.75) is 57.1 Å². The molecule has 1 saturated carbocycles. The molecule has 1 aliphatic carbocycles. The minimum Gasteiger partial charge on any atom is -0.375 e. The third-order valence-corrected chi connectivity index (χ3v) is 5.47. The minimum atomic E-state index is -1.71. The zero-order valence-corrected chi connectivity index (χ0v) is 15.0. The zero-order chi connectivity index (χ0) is 16.7. The molecule has 0 bridgehead atoms. The first-order chi connectivity index (χ1) is 11.1. The van der Waals surface area contributed by atoms with E-state index in [2.05, 4.69) is 36.5 Å². The molecule has 0 radical (unpaired) electrons. The number of nitrogens with one attached hydrogen (secondary N) is 1. The van der Waals surface area contributed by atoms with Crippen molar-refractivity contribution in [2.75, 3.05) is 19.4 Å². The summed E-state index contributed by atoms with van der Waals surface area (Å²) < 4.78 is 25.7. The Morgan fingerprint density at radius 2 is 1.91 bits per heavy atom. The molecule has 2 rings (SSSR count). The molecule has 1 aromatic rings. The molecular formula is C18H29NO3S. The van der Waals surface area contributed by atoms with E-state index in [1.165, 1.54) is 30.4 Å². The number of benzene rings is 1. The fraction of sp³-hybridized carbons (Fsp3) is 0.667. The largest absolute Gasteiger partial charge is 0.375 e. The monoisotopic (exact) mass is 339 g/mol. The lowest BCUT2D eigenvalue weighted by Gasteiger charge is -2.44. The Balaban J connectivity index is 2.13. The molecule has 1 aromatic carbocycles. The fourth-order valence-corrected chi connectivity index (χ4v) is 4.06. The van der Waals surface area contributed by atoms with Crippen LogP contribution in [-0.2, 0) is 15.8 Å². The lowest BCUT2D eigenvalue weighted by atomic mass is 9.75. The number of hydrogen-bond acceptors (Lipinski definition) is 3. The highest BCUT2D eigenvalue weighted by Gasteiger charge is 2.40. The lowest BCUT2D eigenvalue weighted by Crippen LogP contribution is -2.52. The van der Waals surface area contributed by atoms with Gasteiger partial charge in [-0.15, -0.1) is 0 Å². The highest BCUT2D eigenvalue weighted by molar-refractivity contribution is 7.79. The van der Waals surface area contributed by atoms with Crippen LogP contribution in [0.1, 0.15) is 55.8 Å². The summed E-state index contributed by atoms with van der Waals surface area (Å²) >= 11 is -1.71. The van der Waals surface area contributed by atoms with Crippen molar-refractivity contribution in [1.82, 2.24) is 5.32 Å². The van der Waals surface area contributed by atoms with Crippen molar-refractivity contribution < 1.29 is 13.5 Å². The second-order valence-electron chi connectivity index (χ2n) is 6.55. The van der Waals surface area contributed by atoms with Gasteiger partial charge in [-0.3, -0.25) is 0 Å². The van der Waals surface area contributed by atoms with Gasteiger partial charge in [-0.1, -0.05) is 49.1 Å². The van der Waals surface area contributed by atoms with Gasteiger partial charge in [0.1, 0.15) is 6.10 Å². The molecule has 5 heteroatoms. The number of ether oxygens (including phenoxy) is 1. The summed E-state index contributed by atoms with van der Waals surface area (Å²) in [4.78, 5) is 0. The number of hydrogen-bond donors (Lipinski definition) is 2. The lowest BCUT2D eigenvalue weighted by molar-refractivity contribution is -0.00458. The second kappa shape index (κ2) is 8.92. The summed E-state index contributed by atoms with van der Waals surface area (Å²) in [5.74, 6) is 0.325. The van der Waals surface area contributed by atoms with Gasteiger partial charge in [-0.25, -0.2) is 4.21 Å². The highest BCUT2D eigenvalue weighted by atomic mass is 32.2. The van der Waals surface area contributed by atoms with Crippen molar-refractivity contribution in [2.24, 2.45) is 0 Å². The zero-order valence-electron chi connectivity index (χ0n) is 14.2. The van der Waals surface area contributed by atoms with Crippen LogP contribution in [0.15, 0.2) is 24.3 Å². The summed E-state index contributed by atoms with van der Waals surface area (Å²) in [6.45, 7) is 2.84. The summed E-state index contributed by atoms with van der Waals surface area (Å²) in [5.41, 5.74) is 2.39. The van der Waals surface area contributed by atoms with Crippen molar-refractivity contribution in [3.05, 3.63) is 35.4 Å². The summed E-state index contributed by atoms with van der Waals surface area (Å²) in [6, 6.07) is 8.58. The quantitative estimate of drug-likeness (QED) is 0.561. The van der Waals surface area contributed by atoms with Gasteiger partial charge in [-0.05, 0) is 38.3 Å². The molecule has 2 N–H and O–H groups in total. The van der Waals surface area contributed by atoms with Crippen molar-refractivity contribution in [1.29, 1.82) is 0 Å². The molecule has 130 valence electrons. The van der Waals surface area contributed by atoms with Gasteiger partial charge in [-0.2, -0.15) is 0 Å².